The second-order valence-electron chi connectivity index (χ2n) is 5.86. The topological polar surface area (TPSA) is 72.3 Å². The summed E-state index contributed by atoms with van der Waals surface area (Å²) in [4.78, 5) is 18.6. The number of carbonyl (C=O) groups is 1. The summed E-state index contributed by atoms with van der Waals surface area (Å²) in [5.74, 6) is -0.218. The number of amides is 1. The molecule has 1 aliphatic heterocycles. The van der Waals surface area contributed by atoms with Crippen molar-refractivity contribution in [2.45, 2.75) is 22.8 Å². The smallest absolute Gasteiger partial charge is 0.233 e. The molecular formula is C18H14ClN3O3S. The van der Waals surface area contributed by atoms with E-state index in [1.54, 1.807) is 41.5 Å². The van der Waals surface area contributed by atoms with Gasteiger partial charge < -0.3 is 4.57 Å². The first-order valence-corrected chi connectivity index (χ1v) is 9.77. The Labute approximate surface area is 155 Å². The number of benzene rings is 2. The van der Waals surface area contributed by atoms with Crippen molar-refractivity contribution in [2.24, 2.45) is 0 Å². The van der Waals surface area contributed by atoms with E-state index in [2.05, 4.69) is 4.98 Å². The Hall–Kier alpha value is -2.64. The molecule has 6 nitrogen and oxygen atoms in total. The van der Waals surface area contributed by atoms with Gasteiger partial charge in [-0.1, -0.05) is 23.7 Å². The van der Waals surface area contributed by atoms with E-state index in [0.29, 0.717) is 17.3 Å². The fourth-order valence-corrected chi connectivity index (χ4v) is 4.80. The first kappa shape index (κ1) is 16.8. The molecule has 26 heavy (non-hydrogen) atoms. The van der Waals surface area contributed by atoms with Gasteiger partial charge in [0.25, 0.3) is 0 Å². The molecule has 0 N–H and O–H groups in total. The zero-order valence-electron chi connectivity index (χ0n) is 13.5. The minimum atomic E-state index is -3.71. The van der Waals surface area contributed by atoms with E-state index in [1.807, 2.05) is 0 Å². The minimum absolute atomic E-state index is 0.0802. The molecule has 0 saturated heterocycles. The molecule has 0 spiro atoms. The normalized spacial score (nSPS) is 14.6. The Bertz CT molecular complexity index is 1090. The molecule has 2 heterocycles. The van der Waals surface area contributed by atoms with Gasteiger partial charge in [0.1, 0.15) is 0 Å². The maximum Gasteiger partial charge on any atom is 0.233 e. The SMILES string of the molecule is O=C(CCn1ccnc1)N1c2ccccc2S(=O)(=O)c2ccc(Cl)cc21. The Kier molecular flexibility index (Phi) is 4.05. The summed E-state index contributed by atoms with van der Waals surface area (Å²) >= 11 is 6.08. The van der Waals surface area contributed by atoms with Crippen LogP contribution >= 0.6 is 11.6 Å². The van der Waals surface area contributed by atoms with E-state index < -0.39 is 9.84 Å². The number of hydrogen-bond donors (Lipinski definition) is 0. The van der Waals surface area contributed by atoms with Crippen molar-refractivity contribution in [3.05, 3.63) is 66.2 Å². The number of carbonyl (C=O) groups excluding carboxylic acids is 1. The first-order chi connectivity index (χ1) is 12.5. The van der Waals surface area contributed by atoms with Crippen LogP contribution in [0, 0.1) is 0 Å². The Morgan fingerprint density at radius 2 is 1.85 bits per heavy atom. The number of aryl methyl sites for hydroxylation is 1. The molecule has 0 radical (unpaired) electrons. The standard InChI is InChI=1S/C18H14ClN3O3S/c19-13-5-6-17-15(11-13)22(18(23)7-9-21-10-8-20-12-21)14-3-1-2-4-16(14)26(17,24)25/h1-6,8,10-12H,7,9H2. The second-order valence-corrected chi connectivity index (χ2v) is 8.19. The lowest BCUT2D eigenvalue weighted by Crippen LogP contribution is -2.32. The number of anilines is 2. The molecule has 0 saturated carbocycles. The lowest BCUT2D eigenvalue weighted by atomic mass is 10.2. The largest absolute Gasteiger partial charge is 0.337 e. The Balaban J connectivity index is 1.82. The summed E-state index contributed by atoms with van der Waals surface area (Å²) in [6.45, 7) is 0.445. The van der Waals surface area contributed by atoms with Crippen LogP contribution in [0.1, 0.15) is 6.42 Å². The molecule has 0 bridgehead atoms. The van der Waals surface area contributed by atoms with Gasteiger partial charge in [0.2, 0.25) is 15.7 Å². The average Bonchev–Trinajstić information content (AvgIpc) is 3.13. The number of fused-ring (bicyclic) bond motifs is 2. The molecule has 0 atom stereocenters. The molecule has 132 valence electrons. The zero-order chi connectivity index (χ0) is 18.3. The zero-order valence-corrected chi connectivity index (χ0v) is 15.1. The van der Waals surface area contributed by atoms with Gasteiger partial charge in [-0.3, -0.25) is 9.69 Å². The highest BCUT2D eigenvalue weighted by atomic mass is 35.5. The molecule has 3 aromatic rings. The van der Waals surface area contributed by atoms with Crippen molar-refractivity contribution in [3.8, 4) is 0 Å². The molecule has 0 fully saturated rings. The number of nitrogens with zero attached hydrogens (tertiary/aromatic N) is 3. The summed E-state index contributed by atoms with van der Waals surface area (Å²) in [6, 6.07) is 11.0. The van der Waals surface area contributed by atoms with Gasteiger partial charge in [-0.15, -0.1) is 0 Å². The van der Waals surface area contributed by atoms with Gasteiger partial charge in [0, 0.05) is 30.4 Å². The van der Waals surface area contributed by atoms with Gasteiger partial charge in [-0.2, -0.15) is 0 Å². The third-order valence-corrected chi connectivity index (χ3v) is 6.32. The monoisotopic (exact) mass is 387 g/mol. The summed E-state index contributed by atoms with van der Waals surface area (Å²) in [5.41, 5.74) is 0.629. The van der Waals surface area contributed by atoms with E-state index in [4.69, 9.17) is 11.6 Å². The number of para-hydroxylation sites is 1. The van der Waals surface area contributed by atoms with Crippen LogP contribution < -0.4 is 4.90 Å². The van der Waals surface area contributed by atoms with Gasteiger partial charge in [0.15, 0.2) is 0 Å². The van der Waals surface area contributed by atoms with Crippen LogP contribution in [0.2, 0.25) is 5.02 Å². The van der Waals surface area contributed by atoms with Gasteiger partial charge >= 0.3 is 0 Å². The number of sulfone groups is 1. The molecule has 2 aromatic carbocycles. The number of rotatable bonds is 3. The van der Waals surface area contributed by atoms with E-state index in [-0.39, 0.29) is 27.8 Å². The fourth-order valence-electron chi connectivity index (χ4n) is 3.03. The first-order valence-electron chi connectivity index (χ1n) is 7.91. The highest BCUT2D eigenvalue weighted by Crippen LogP contribution is 2.45. The number of aromatic nitrogens is 2. The third-order valence-electron chi connectivity index (χ3n) is 4.24. The highest BCUT2D eigenvalue weighted by Gasteiger charge is 2.36. The molecule has 8 heteroatoms. The minimum Gasteiger partial charge on any atom is -0.337 e. The van der Waals surface area contributed by atoms with E-state index in [0.717, 1.165) is 0 Å². The molecule has 1 amide bonds. The van der Waals surface area contributed by atoms with Crippen molar-refractivity contribution in [3.63, 3.8) is 0 Å². The highest BCUT2D eigenvalue weighted by molar-refractivity contribution is 7.92. The van der Waals surface area contributed by atoms with Crippen molar-refractivity contribution >= 4 is 38.7 Å². The molecule has 4 rings (SSSR count). The van der Waals surface area contributed by atoms with Crippen LogP contribution in [-0.2, 0) is 21.2 Å². The molecule has 0 aliphatic carbocycles. The van der Waals surface area contributed by atoms with Crippen molar-refractivity contribution in [1.82, 2.24) is 9.55 Å². The van der Waals surface area contributed by atoms with Crippen LogP contribution in [0.3, 0.4) is 0 Å². The van der Waals surface area contributed by atoms with Gasteiger partial charge in [0.05, 0.1) is 27.5 Å². The molecule has 0 unspecified atom stereocenters. The van der Waals surface area contributed by atoms with Gasteiger partial charge in [-0.25, -0.2) is 13.4 Å². The second kappa shape index (κ2) is 6.26. The maximum absolute atomic E-state index is 13.0. The Morgan fingerprint density at radius 3 is 2.62 bits per heavy atom. The predicted octanol–water partition coefficient (Wildman–Crippen LogP) is 3.44. The average molecular weight is 388 g/mol. The van der Waals surface area contributed by atoms with Crippen LogP contribution in [0.15, 0.2) is 71.0 Å². The third kappa shape index (κ3) is 2.69. The van der Waals surface area contributed by atoms with E-state index in [1.165, 1.54) is 29.2 Å². The van der Waals surface area contributed by atoms with E-state index >= 15 is 0 Å². The predicted molar refractivity (Wildman–Crippen MR) is 97.3 cm³/mol. The van der Waals surface area contributed by atoms with Crippen LogP contribution in [0.5, 0.6) is 0 Å². The van der Waals surface area contributed by atoms with Crippen LogP contribution in [-0.4, -0.2) is 23.9 Å². The van der Waals surface area contributed by atoms with Crippen molar-refractivity contribution in [1.29, 1.82) is 0 Å². The van der Waals surface area contributed by atoms with Crippen LogP contribution in [0.4, 0.5) is 11.4 Å². The molecule has 1 aromatic heterocycles. The summed E-state index contributed by atoms with van der Waals surface area (Å²) < 4.78 is 27.6. The van der Waals surface area contributed by atoms with Gasteiger partial charge in [-0.05, 0) is 30.3 Å². The maximum atomic E-state index is 13.0. The van der Waals surface area contributed by atoms with Crippen molar-refractivity contribution < 1.29 is 13.2 Å². The summed E-state index contributed by atoms with van der Waals surface area (Å²) in [7, 11) is -3.71. The fraction of sp³-hybridized carbons (Fsp3) is 0.111. The van der Waals surface area contributed by atoms with E-state index in [9.17, 15) is 13.2 Å². The lowest BCUT2D eigenvalue weighted by molar-refractivity contribution is -0.118. The number of imidazole rings is 1. The molecule has 1 aliphatic rings. The Morgan fingerprint density at radius 1 is 1.08 bits per heavy atom. The van der Waals surface area contributed by atoms with Crippen LogP contribution in [0.25, 0.3) is 0 Å². The quantitative estimate of drug-likeness (QED) is 0.690. The lowest BCUT2D eigenvalue weighted by Gasteiger charge is -2.31. The number of halogens is 1. The number of hydrogen-bond acceptors (Lipinski definition) is 4. The summed E-state index contributed by atoms with van der Waals surface area (Å²) in [5, 5.41) is 0.366. The molecular weight excluding hydrogens is 374 g/mol. The van der Waals surface area contributed by atoms with Crippen molar-refractivity contribution in [2.75, 3.05) is 4.90 Å². The summed E-state index contributed by atoms with van der Waals surface area (Å²) in [6.07, 6.45) is 5.23.